The van der Waals surface area contributed by atoms with E-state index in [9.17, 15) is 4.79 Å². The van der Waals surface area contributed by atoms with E-state index < -0.39 is 19.6 Å². The van der Waals surface area contributed by atoms with Gasteiger partial charge in [0.1, 0.15) is 5.54 Å². The Hall–Kier alpha value is -0.353. The van der Waals surface area contributed by atoms with Gasteiger partial charge in [-0.3, -0.25) is 4.79 Å². The van der Waals surface area contributed by atoms with Gasteiger partial charge in [0.15, 0.2) is 0 Å². The Bertz CT molecular complexity index is 160. The zero-order valence-corrected chi connectivity index (χ0v) is 8.64. The molecule has 0 bridgehead atoms. The van der Waals surface area contributed by atoms with E-state index in [1.54, 1.807) is 6.92 Å². The summed E-state index contributed by atoms with van der Waals surface area (Å²) >= 11 is 0. The van der Waals surface area contributed by atoms with E-state index in [2.05, 4.69) is 19.6 Å². The molecular formula is C7H17NO2Si. The highest BCUT2D eigenvalue weighted by atomic mass is 28.3. The van der Waals surface area contributed by atoms with Crippen LogP contribution in [0.5, 0.6) is 0 Å². The lowest BCUT2D eigenvalue weighted by atomic mass is 10.1. The normalized spacial score (nSPS) is 17.5. The standard InChI is InChI=1S/C7H17NO2Si/c1-7(8,6(9)10)5-11(2,3)4/h5,8H2,1-4H3,(H,9,10)/t7-/m1/s1. The lowest BCUT2D eigenvalue weighted by Gasteiger charge is -2.26. The van der Waals surface area contributed by atoms with E-state index in [0.717, 1.165) is 0 Å². The average Bonchev–Trinajstić information content (AvgIpc) is 1.56. The van der Waals surface area contributed by atoms with Gasteiger partial charge in [0.25, 0.3) is 0 Å². The molecular weight excluding hydrogens is 158 g/mol. The third kappa shape index (κ3) is 4.16. The first-order chi connectivity index (χ1) is 4.65. The maximum Gasteiger partial charge on any atom is 0.323 e. The van der Waals surface area contributed by atoms with Crippen LogP contribution in [0.25, 0.3) is 0 Å². The summed E-state index contributed by atoms with van der Waals surface area (Å²) in [6, 6.07) is 0.620. The second kappa shape index (κ2) is 2.95. The van der Waals surface area contributed by atoms with Crippen LogP contribution in [0.4, 0.5) is 0 Å². The molecule has 0 aromatic rings. The number of carbonyl (C=O) groups is 1. The number of hydrogen-bond acceptors (Lipinski definition) is 2. The maximum absolute atomic E-state index is 10.6. The molecule has 66 valence electrons. The first-order valence-corrected chi connectivity index (χ1v) is 7.38. The van der Waals surface area contributed by atoms with Crippen molar-refractivity contribution in [2.45, 2.75) is 38.1 Å². The van der Waals surface area contributed by atoms with Crippen LogP contribution in [-0.4, -0.2) is 24.7 Å². The summed E-state index contributed by atoms with van der Waals surface area (Å²) in [6.45, 7) is 7.91. The van der Waals surface area contributed by atoms with Gasteiger partial charge in [0, 0.05) is 8.07 Å². The quantitative estimate of drug-likeness (QED) is 0.632. The fourth-order valence-corrected chi connectivity index (χ4v) is 3.53. The molecule has 0 aromatic heterocycles. The zero-order chi connectivity index (χ0) is 9.28. The molecule has 0 fully saturated rings. The molecule has 0 rings (SSSR count). The number of hydrogen-bond donors (Lipinski definition) is 2. The zero-order valence-electron chi connectivity index (χ0n) is 7.64. The minimum atomic E-state index is -1.36. The lowest BCUT2D eigenvalue weighted by Crippen LogP contribution is -2.49. The number of aliphatic carboxylic acids is 1. The van der Waals surface area contributed by atoms with E-state index in [1.807, 2.05) is 0 Å². The van der Waals surface area contributed by atoms with E-state index in [0.29, 0.717) is 6.04 Å². The minimum Gasteiger partial charge on any atom is -0.480 e. The van der Waals surface area contributed by atoms with Crippen molar-refractivity contribution >= 4 is 14.0 Å². The summed E-state index contributed by atoms with van der Waals surface area (Å²) in [4.78, 5) is 10.6. The van der Waals surface area contributed by atoms with Gasteiger partial charge >= 0.3 is 5.97 Å². The van der Waals surface area contributed by atoms with Crippen molar-refractivity contribution in [1.82, 2.24) is 0 Å². The molecule has 1 atom stereocenters. The van der Waals surface area contributed by atoms with Crippen molar-refractivity contribution in [3.05, 3.63) is 0 Å². The lowest BCUT2D eigenvalue weighted by molar-refractivity contribution is -0.141. The smallest absolute Gasteiger partial charge is 0.323 e. The highest BCUT2D eigenvalue weighted by molar-refractivity contribution is 6.76. The Labute approximate surface area is 68.6 Å². The SMILES string of the molecule is C[C@@](N)(C[Si](C)(C)C)C(=O)O. The van der Waals surface area contributed by atoms with Crippen LogP contribution in [-0.2, 0) is 4.79 Å². The largest absolute Gasteiger partial charge is 0.480 e. The molecule has 3 nitrogen and oxygen atoms in total. The molecule has 0 saturated heterocycles. The Morgan fingerprint density at radius 2 is 1.91 bits per heavy atom. The molecule has 0 heterocycles. The van der Waals surface area contributed by atoms with Crippen LogP contribution in [0.1, 0.15) is 6.92 Å². The predicted molar refractivity (Wildman–Crippen MR) is 48.4 cm³/mol. The first-order valence-electron chi connectivity index (χ1n) is 3.67. The van der Waals surface area contributed by atoms with Crippen molar-refractivity contribution in [3.8, 4) is 0 Å². The molecule has 0 unspecified atom stereocenters. The summed E-state index contributed by atoms with van der Waals surface area (Å²) in [6.07, 6.45) is 0. The molecule has 0 radical (unpaired) electrons. The van der Waals surface area contributed by atoms with Crippen molar-refractivity contribution in [3.63, 3.8) is 0 Å². The van der Waals surface area contributed by atoms with Crippen molar-refractivity contribution < 1.29 is 9.90 Å². The van der Waals surface area contributed by atoms with E-state index in [1.165, 1.54) is 0 Å². The summed E-state index contributed by atoms with van der Waals surface area (Å²) < 4.78 is 0. The number of nitrogens with two attached hydrogens (primary N) is 1. The third-order valence-electron chi connectivity index (χ3n) is 1.39. The van der Waals surface area contributed by atoms with Gasteiger partial charge in [-0.25, -0.2) is 0 Å². The van der Waals surface area contributed by atoms with Crippen molar-refractivity contribution in [2.24, 2.45) is 5.73 Å². The molecule has 0 aliphatic carbocycles. The third-order valence-corrected chi connectivity index (χ3v) is 3.18. The van der Waals surface area contributed by atoms with Gasteiger partial charge in [0.05, 0.1) is 0 Å². The molecule has 0 aromatic carbocycles. The highest BCUT2D eigenvalue weighted by Crippen LogP contribution is 2.18. The van der Waals surface area contributed by atoms with Gasteiger partial charge in [0.2, 0.25) is 0 Å². The van der Waals surface area contributed by atoms with Crippen LogP contribution in [0.2, 0.25) is 25.7 Å². The van der Waals surface area contributed by atoms with Crippen LogP contribution < -0.4 is 5.73 Å². The number of carboxylic acids is 1. The Balaban J connectivity index is 4.25. The maximum atomic E-state index is 10.6. The van der Waals surface area contributed by atoms with E-state index >= 15 is 0 Å². The second-order valence-corrected chi connectivity index (χ2v) is 9.93. The predicted octanol–water partition coefficient (Wildman–Crippen LogP) is 1.13. The molecule has 0 aliphatic heterocycles. The van der Waals surface area contributed by atoms with Crippen LogP contribution in [0.15, 0.2) is 0 Å². The van der Waals surface area contributed by atoms with E-state index in [-0.39, 0.29) is 0 Å². The molecule has 0 spiro atoms. The summed E-state index contributed by atoms with van der Waals surface area (Å²) in [7, 11) is -1.36. The van der Waals surface area contributed by atoms with Gasteiger partial charge in [-0.15, -0.1) is 0 Å². The molecule has 11 heavy (non-hydrogen) atoms. The Morgan fingerprint density at radius 1 is 1.55 bits per heavy atom. The summed E-state index contributed by atoms with van der Waals surface area (Å²) in [5.41, 5.74) is 4.54. The van der Waals surface area contributed by atoms with E-state index in [4.69, 9.17) is 10.8 Å². The van der Waals surface area contributed by atoms with Crippen molar-refractivity contribution in [2.75, 3.05) is 0 Å². The van der Waals surface area contributed by atoms with Crippen molar-refractivity contribution in [1.29, 1.82) is 0 Å². The minimum absolute atomic E-state index is 0.620. The average molecular weight is 175 g/mol. The first kappa shape index (κ1) is 10.6. The Morgan fingerprint density at radius 3 is 2.00 bits per heavy atom. The monoisotopic (exact) mass is 175 g/mol. The second-order valence-electron chi connectivity index (χ2n) is 4.46. The molecule has 0 amide bonds. The highest BCUT2D eigenvalue weighted by Gasteiger charge is 2.33. The molecule has 4 heteroatoms. The fourth-order valence-electron chi connectivity index (χ4n) is 1.18. The Kier molecular flexibility index (Phi) is 2.85. The summed E-state index contributed by atoms with van der Waals surface area (Å²) in [5.74, 6) is -0.903. The molecule has 3 N–H and O–H groups in total. The van der Waals surface area contributed by atoms with Gasteiger partial charge in [-0.05, 0) is 13.0 Å². The number of carboxylic acid groups (broad SMARTS) is 1. The number of rotatable bonds is 3. The van der Waals surface area contributed by atoms with Gasteiger partial charge in [-0.1, -0.05) is 19.6 Å². The summed E-state index contributed by atoms with van der Waals surface area (Å²) in [5, 5.41) is 8.70. The topological polar surface area (TPSA) is 63.3 Å². The van der Waals surface area contributed by atoms with Gasteiger partial charge < -0.3 is 10.8 Å². The van der Waals surface area contributed by atoms with Crippen LogP contribution >= 0.6 is 0 Å². The van der Waals surface area contributed by atoms with Crippen LogP contribution in [0.3, 0.4) is 0 Å². The molecule has 0 saturated carbocycles. The van der Waals surface area contributed by atoms with Gasteiger partial charge in [-0.2, -0.15) is 0 Å². The van der Waals surface area contributed by atoms with Crippen LogP contribution in [0, 0.1) is 0 Å². The fraction of sp³-hybridized carbons (Fsp3) is 0.857. The molecule has 0 aliphatic rings.